The summed E-state index contributed by atoms with van der Waals surface area (Å²) in [5, 5.41) is 2.74. The third-order valence-corrected chi connectivity index (χ3v) is 1.80. The van der Waals surface area contributed by atoms with Crippen LogP contribution in [-0.2, 0) is 0 Å². The van der Waals surface area contributed by atoms with Gasteiger partial charge in [0.25, 0.3) is 5.91 Å². The van der Waals surface area contributed by atoms with Gasteiger partial charge in [-0.2, -0.15) is 0 Å². The number of amides is 1. The number of carbonyl (C=O) groups is 1. The fraction of sp³-hybridized carbons (Fsp3) is 0.375. The van der Waals surface area contributed by atoms with Crippen molar-refractivity contribution in [1.82, 2.24) is 5.32 Å². The van der Waals surface area contributed by atoms with Gasteiger partial charge in [-0.25, -0.2) is 0 Å². The van der Waals surface area contributed by atoms with Crippen LogP contribution in [0.4, 0.5) is 0 Å². The number of furan rings is 1. The van der Waals surface area contributed by atoms with Crippen molar-refractivity contribution in [3.05, 3.63) is 21.7 Å². The molecule has 1 heterocycles. The van der Waals surface area contributed by atoms with Crippen LogP contribution in [0.2, 0.25) is 0 Å². The second-order valence-electron chi connectivity index (χ2n) is 2.73. The predicted octanol–water partition coefficient (Wildman–Crippen LogP) is 2.02. The van der Waals surface area contributed by atoms with E-state index in [1.165, 1.54) is 0 Å². The summed E-state index contributed by atoms with van der Waals surface area (Å²) in [6.07, 6.45) is 0. The minimum atomic E-state index is -0.159. The fourth-order valence-corrected chi connectivity index (χ4v) is 1.19. The normalized spacial score (nSPS) is 10.3. The molecule has 0 fully saturated rings. The van der Waals surface area contributed by atoms with E-state index < -0.39 is 0 Å². The van der Waals surface area contributed by atoms with Gasteiger partial charge in [0.05, 0.1) is 0 Å². The largest absolute Gasteiger partial charge is 0.445 e. The maximum absolute atomic E-state index is 11.3. The standard InChI is InChI=1S/C8H10INO2/c1-5(2)10-8(11)6-3-4-7(9)12-6/h3-5H,1-2H3,(H,10,11). The zero-order chi connectivity index (χ0) is 9.14. The smallest absolute Gasteiger partial charge is 0.287 e. The molecule has 0 saturated heterocycles. The third-order valence-electron chi connectivity index (χ3n) is 1.22. The molecule has 0 aliphatic rings. The summed E-state index contributed by atoms with van der Waals surface area (Å²) in [4.78, 5) is 11.3. The Morgan fingerprint density at radius 2 is 2.25 bits per heavy atom. The van der Waals surface area contributed by atoms with Crippen molar-refractivity contribution in [3.63, 3.8) is 0 Å². The lowest BCUT2D eigenvalue weighted by Crippen LogP contribution is -2.29. The second-order valence-corrected chi connectivity index (χ2v) is 3.80. The maximum atomic E-state index is 11.3. The first-order chi connectivity index (χ1) is 5.59. The van der Waals surface area contributed by atoms with Gasteiger partial charge in [0.2, 0.25) is 0 Å². The molecule has 0 saturated carbocycles. The van der Waals surface area contributed by atoms with Crippen molar-refractivity contribution in [2.75, 3.05) is 0 Å². The van der Waals surface area contributed by atoms with Crippen LogP contribution in [0.5, 0.6) is 0 Å². The molecule has 0 atom stereocenters. The Hall–Kier alpha value is -0.520. The van der Waals surface area contributed by atoms with Crippen molar-refractivity contribution in [1.29, 1.82) is 0 Å². The molecule has 0 aromatic carbocycles. The first kappa shape index (κ1) is 9.57. The number of nitrogens with one attached hydrogen (secondary N) is 1. The Labute approximate surface area is 84.7 Å². The molecule has 0 radical (unpaired) electrons. The molecule has 0 unspecified atom stereocenters. The summed E-state index contributed by atoms with van der Waals surface area (Å²) in [5.41, 5.74) is 0. The highest BCUT2D eigenvalue weighted by molar-refractivity contribution is 14.1. The van der Waals surface area contributed by atoms with Crippen LogP contribution >= 0.6 is 22.6 Å². The Morgan fingerprint density at radius 1 is 1.58 bits per heavy atom. The molecule has 1 N–H and O–H groups in total. The minimum absolute atomic E-state index is 0.139. The van der Waals surface area contributed by atoms with Crippen LogP contribution in [0.15, 0.2) is 16.5 Å². The number of hydrogen-bond acceptors (Lipinski definition) is 2. The Balaban J connectivity index is 2.65. The number of halogens is 1. The average molecular weight is 279 g/mol. The van der Waals surface area contributed by atoms with E-state index in [9.17, 15) is 4.79 Å². The average Bonchev–Trinajstić information content (AvgIpc) is 2.34. The fourth-order valence-electron chi connectivity index (χ4n) is 0.770. The molecule has 12 heavy (non-hydrogen) atoms. The predicted molar refractivity (Wildman–Crippen MR) is 54.0 cm³/mol. The molecule has 1 aromatic heterocycles. The van der Waals surface area contributed by atoms with Crippen LogP contribution < -0.4 is 5.32 Å². The van der Waals surface area contributed by atoms with Gasteiger partial charge in [-0.1, -0.05) is 0 Å². The Morgan fingerprint density at radius 3 is 2.67 bits per heavy atom. The molecule has 3 nitrogen and oxygen atoms in total. The van der Waals surface area contributed by atoms with Gasteiger partial charge in [-0.15, -0.1) is 0 Å². The summed E-state index contributed by atoms with van der Waals surface area (Å²) in [6.45, 7) is 3.82. The summed E-state index contributed by atoms with van der Waals surface area (Å²) >= 11 is 2.02. The van der Waals surface area contributed by atoms with Gasteiger partial charge in [-0.3, -0.25) is 4.79 Å². The monoisotopic (exact) mass is 279 g/mol. The van der Waals surface area contributed by atoms with E-state index in [0.717, 1.165) is 3.77 Å². The summed E-state index contributed by atoms with van der Waals surface area (Å²) in [5.74, 6) is 0.209. The lowest BCUT2D eigenvalue weighted by Gasteiger charge is -2.04. The van der Waals surface area contributed by atoms with Crippen molar-refractivity contribution in [2.45, 2.75) is 19.9 Å². The highest BCUT2D eigenvalue weighted by atomic mass is 127. The molecule has 4 heteroatoms. The zero-order valence-electron chi connectivity index (χ0n) is 6.93. The molecule has 1 amide bonds. The van der Waals surface area contributed by atoms with Crippen molar-refractivity contribution in [3.8, 4) is 0 Å². The summed E-state index contributed by atoms with van der Waals surface area (Å²) in [6, 6.07) is 3.57. The first-order valence-electron chi connectivity index (χ1n) is 3.66. The van der Waals surface area contributed by atoms with Crippen molar-refractivity contribution < 1.29 is 9.21 Å². The topological polar surface area (TPSA) is 42.2 Å². The molecule has 1 rings (SSSR count). The van der Waals surface area contributed by atoms with E-state index in [0.29, 0.717) is 5.76 Å². The van der Waals surface area contributed by atoms with Gasteiger partial charge in [-0.05, 0) is 48.6 Å². The zero-order valence-corrected chi connectivity index (χ0v) is 9.08. The lowest BCUT2D eigenvalue weighted by atomic mass is 10.3. The van der Waals surface area contributed by atoms with Gasteiger partial charge in [0, 0.05) is 6.04 Å². The van der Waals surface area contributed by atoms with Crippen molar-refractivity contribution >= 4 is 28.5 Å². The second kappa shape index (κ2) is 3.93. The molecular formula is C8H10INO2. The number of rotatable bonds is 2. The van der Waals surface area contributed by atoms with Crippen LogP contribution in [0.1, 0.15) is 24.4 Å². The highest BCUT2D eigenvalue weighted by Crippen LogP contribution is 2.09. The number of hydrogen-bond donors (Lipinski definition) is 1. The van der Waals surface area contributed by atoms with E-state index in [1.807, 2.05) is 36.4 Å². The number of carbonyl (C=O) groups excluding carboxylic acids is 1. The molecule has 0 aliphatic carbocycles. The van der Waals surface area contributed by atoms with Crippen LogP contribution in [0.25, 0.3) is 0 Å². The third kappa shape index (κ3) is 2.51. The first-order valence-corrected chi connectivity index (χ1v) is 4.73. The summed E-state index contributed by atoms with van der Waals surface area (Å²) in [7, 11) is 0. The van der Waals surface area contributed by atoms with E-state index in [4.69, 9.17) is 4.42 Å². The van der Waals surface area contributed by atoms with E-state index in [2.05, 4.69) is 5.32 Å². The van der Waals surface area contributed by atoms with Crippen molar-refractivity contribution in [2.24, 2.45) is 0 Å². The van der Waals surface area contributed by atoms with Crippen LogP contribution in [0.3, 0.4) is 0 Å². The van der Waals surface area contributed by atoms with E-state index in [1.54, 1.807) is 12.1 Å². The van der Waals surface area contributed by atoms with Gasteiger partial charge < -0.3 is 9.73 Å². The molecule has 1 aromatic rings. The lowest BCUT2D eigenvalue weighted by molar-refractivity contribution is 0.0913. The van der Waals surface area contributed by atoms with Gasteiger partial charge in [0.15, 0.2) is 9.53 Å². The molecular weight excluding hydrogens is 269 g/mol. The molecule has 66 valence electrons. The molecule has 0 bridgehead atoms. The van der Waals surface area contributed by atoms with E-state index >= 15 is 0 Å². The SMILES string of the molecule is CC(C)NC(=O)c1ccc(I)o1. The molecule has 0 spiro atoms. The van der Waals surface area contributed by atoms with Crippen LogP contribution in [-0.4, -0.2) is 11.9 Å². The van der Waals surface area contributed by atoms with Crippen LogP contribution in [0, 0.1) is 3.77 Å². The quantitative estimate of drug-likeness (QED) is 0.841. The highest BCUT2D eigenvalue weighted by Gasteiger charge is 2.10. The minimum Gasteiger partial charge on any atom is -0.445 e. The van der Waals surface area contributed by atoms with Gasteiger partial charge in [0.1, 0.15) is 0 Å². The Bertz CT molecular complexity index is 280. The van der Waals surface area contributed by atoms with E-state index in [-0.39, 0.29) is 11.9 Å². The van der Waals surface area contributed by atoms with Gasteiger partial charge >= 0.3 is 0 Å². The summed E-state index contributed by atoms with van der Waals surface area (Å²) < 4.78 is 5.84. The molecule has 0 aliphatic heterocycles. The maximum Gasteiger partial charge on any atom is 0.287 e. The Kier molecular flexibility index (Phi) is 3.13.